The van der Waals surface area contributed by atoms with Gasteiger partial charge in [-0.25, -0.2) is 0 Å². The standard InChI is InChI=1S/C14H26N4/c1-5-6-13-10-18(14(2,3)11-15-13)9-12-7-16-17(4)8-12/h7-8,13,15H,5-6,9-11H2,1-4H3. The summed E-state index contributed by atoms with van der Waals surface area (Å²) in [5, 5.41) is 7.93. The van der Waals surface area contributed by atoms with Gasteiger partial charge in [-0.1, -0.05) is 13.3 Å². The van der Waals surface area contributed by atoms with E-state index in [0.717, 1.165) is 19.6 Å². The zero-order valence-electron chi connectivity index (χ0n) is 12.1. The van der Waals surface area contributed by atoms with Gasteiger partial charge in [-0.2, -0.15) is 5.10 Å². The van der Waals surface area contributed by atoms with Gasteiger partial charge in [0.05, 0.1) is 6.20 Å². The fraction of sp³-hybridized carbons (Fsp3) is 0.786. The summed E-state index contributed by atoms with van der Waals surface area (Å²) in [5.41, 5.74) is 1.53. The van der Waals surface area contributed by atoms with Gasteiger partial charge in [0.15, 0.2) is 0 Å². The fourth-order valence-corrected chi connectivity index (χ4v) is 2.68. The van der Waals surface area contributed by atoms with Gasteiger partial charge < -0.3 is 5.32 Å². The normalized spacial score (nSPS) is 24.3. The maximum absolute atomic E-state index is 4.26. The van der Waals surface area contributed by atoms with Crippen LogP contribution in [0.3, 0.4) is 0 Å². The third-order valence-electron chi connectivity index (χ3n) is 3.89. The van der Waals surface area contributed by atoms with Gasteiger partial charge >= 0.3 is 0 Å². The minimum absolute atomic E-state index is 0.222. The molecule has 0 spiro atoms. The Morgan fingerprint density at radius 3 is 2.89 bits per heavy atom. The van der Waals surface area contributed by atoms with Crippen LogP contribution in [0.25, 0.3) is 0 Å². The maximum Gasteiger partial charge on any atom is 0.0534 e. The van der Waals surface area contributed by atoms with Gasteiger partial charge in [-0.3, -0.25) is 9.58 Å². The number of aromatic nitrogens is 2. The lowest BCUT2D eigenvalue weighted by Gasteiger charge is -2.46. The van der Waals surface area contributed by atoms with Crippen molar-refractivity contribution in [2.24, 2.45) is 7.05 Å². The van der Waals surface area contributed by atoms with Crippen LogP contribution in [-0.2, 0) is 13.6 Å². The molecular formula is C14H26N4. The second-order valence-corrected chi connectivity index (χ2v) is 6.08. The molecule has 1 fully saturated rings. The molecule has 4 nitrogen and oxygen atoms in total. The van der Waals surface area contributed by atoms with E-state index in [4.69, 9.17) is 0 Å². The van der Waals surface area contributed by atoms with Gasteiger partial charge in [-0.05, 0) is 20.3 Å². The molecular weight excluding hydrogens is 224 g/mol. The van der Waals surface area contributed by atoms with Crippen LogP contribution in [0.4, 0.5) is 0 Å². The first kappa shape index (κ1) is 13.6. The summed E-state index contributed by atoms with van der Waals surface area (Å²) in [7, 11) is 1.98. The molecule has 0 bridgehead atoms. The van der Waals surface area contributed by atoms with Crippen LogP contribution in [0, 0.1) is 0 Å². The molecule has 0 aromatic carbocycles. The maximum atomic E-state index is 4.26. The van der Waals surface area contributed by atoms with Gasteiger partial charge in [0.2, 0.25) is 0 Å². The van der Waals surface area contributed by atoms with Crippen LogP contribution >= 0.6 is 0 Å². The Morgan fingerprint density at radius 1 is 1.50 bits per heavy atom. The third-order valence-corrected chi connectivity index (χ3v) is 3.89. The van der Waals surface area contributed by atoms with Crippen molar-refractivity contribution in [1.29, 1.82) is 0 Å². The van der Waals surface area contributed by atoms with Crippen LogP contribution < -0.4 is 5.32 Å². The molecule has 2 rings (SSSR count). The number of nitrogens with zero attached hydrogens (tertiary/aromatic N) is 3. The Balaban J connectivity index is 2.02. The van der Waals surface area contributed by atoms with Crippen molar-refractivity contribution in [2.45, 2.75) is 51.7 Å². The molecule has 1 aliphatic rings. The highest BCUT2D eigenvalue weighted by atomic mass is 15.3. The highest BCUT2D eigenvalue weighted by molar-refractivity contribution is 5.06. The van der Waals surface area contributed by atoms with E-state index in [9.17, 15) is 0 Å². The highest BCUT2D eigenvalue weighted by Crippen LogP contribution is 2.22. The number of piperazine rings is 1. The topological polar surface area (TPSA) is 33.1 Å². The Kier molecular flexibility index (Phi) is 4.07. The van der Waals surface area contributed by atoms with Gasteiger partial charge in [0, 0.05) is 50.0 Å². The van der Waals surface area contributed by atoms with E-state index in [1.54, 1.807) is 0 Å². The molecule has 0 radical (unpaired) electrons. The fourth-order valence-electron chi connectivity index (χ4n) is 2.68. The molecule has 102 valence electrons. The van der Waals surface area contributed by atoms with Crippen molar-refractivity contribution in [3.05, 3.63) is 18.0 Å². The number of hydrogen-bond acceptors (Lipinski definition) is 3. The third kappa shape index (κ3) is 3.12. The predicted octanol–water partition coefficient (Wildman–Crippen LogP) is 1.77. The van der Waals surface area contributed by atoms with Crippen LogP contribution in [0.2, 0.25) is 0 Å². The van der Waals surface area contributed by atoms with Crippen molar-refractivity contribution in [1.82, 2.24) is 20.0 Å². The summed E-state index contributed by atoms with van der Waals surface area (Å²) >= 11 is 0. The van der Waals surface area contributed by atoms with Crippen LogP contribution in [-0.4, -0.2) is 39.4 Å². The monoisotopic (exact) mass is 250 g/mol. The Morgan fingerprint density at radius 2 is 2.28 bits per heavy atom. The molecule has 1 aliphatic heterocycles. The van der Waals surface area contributed by atoms with Crippen molar-refractivity contribution in [3.8, 4) is 0 Å². The predicted molar refractivity (Wildman–Crippen MR) is 74.4 cm³/mol. The molecule has 0 saturated carbocycles. The Hall–Kier alpha value is -0.870. The largest absolute Gasteiger partial charge is 0.311 e. The summed E-state index contributed by atoms with van der Waals surface area (Å²) in [5.74, 6) is 0. The molecule has 2 heterocycles. The van der Waals surface area contributed by atoms with E-state index in [0.29, 0.717) is 6.04 Å². The molecule has 0 amide bonds. The molecule has 1 atom stereocenters. The summed E-state index contributed by atoms with van der Waals surface area (Å²) in [4.78, 5) is 2.58. The average molecular weight is 250 g/mol. The molecule has 0 aliphatic carbocycles. The lowest BCUT2D eigenvalue weighted by atomic mass is 9.95. The average Bonchev–Trinajstić information content (AvgIpc) is 2.70. The van der Waals surface area contributed by atoms with Gasteiger partial charge in [0.1, 0.15) is 0 Å². The van der Waals surface area contributed by atoms with Gasteiger partial charge in [-0.15, -0.1) is 0 Å². The molecule has 1 saturated heterocycles. The smallest absolute Gasteiger partial charge is 0.0534 e. The van der Waals surface area contributed by atoms with Crippen molar-refractivity contribution in [3.63, 3.8) is 0 Å². The van der Waals surface area contributed by atoms with Crippen LogP contribution in [0.1, 0.15) is 39.2 Å². The van der Waals surface area contributed by atoms with E-state index >= 15 is 0 Å². The second kappa shape index (κ2) is 5.41. The summed E-state index contributed by atoms with van der Waals surface area (Å²) in [6.07, 6.45) is 6.61. The van der Waals surface area contributed by atoms with Crippen LogP contribution in [0.5, 0.6) is 0 Å². The van der Waals surface area contributed by atoms with Gasteiger partial charge in [0.25, 0.3) is 0 Å². The van der Waals surface area contributed by atoms with Crippen molar-refractivity contribution in [2.75, 3.05) is 13.1 Å². The van der Waals surface area contributed by atoms with E-state index in [1.807, 2.05) is 17.9 Å². The lowest BCUT2D eigenvalue weighted by molar-refractivity contribution is 0.0563. The molecule has 1 aromatic heterocycles. The zero-order valence-corrected chi connectivity index (χ0v) is 12.1. The molecule has 18 heavy (non-hydrogen) atoms. The molecule has 4 heteroatoms. The number of aryl methyl sites for hydroxylation is 1. The quantitative estimate of drug-likeness (QED) is 0.884. The first-order valence-electron chi connectivity index (χ1n) is 6.97. The summed E-state index contributed by atoms with van der Waals surface area (Å²) in [6.45, 7) is 10.1. The first-order chi connectivity index (χ1) is 8.51. The second-order valence-electron chi connectivity index (χ2n) is 6.08. The van der Waals surface area contributed by atoms with Crippen LogP contribution in [0.15, 0.2) is 12.4 Å². The molecule has 1 N–H and O–H groups in total. The Bertz CT molecular complexity index is 383. The summed E-state index contributed by atoms with van der Waals surface area (Å²) < 4.78 is 1.88. The lowest BCUT2D eigenvalue weighted by Crippen LogP contribution is -2.61. The minimum atomic E-state index is 0.222. The Labute approximate surface area is 110 Å². The van der Waals surface area contributed by atoms with Crippen molar-refractivity contribution >= 4 is 0 Å². The molecule has 1 unspecified atom stereocenters. The SMILES string of the molecule is CCCC1CN(Cc2cnn(C)c2)C(C)(C)CN1. The molecule has 1 aromatic rings. The van der Waals surface area contributed by atoms with E-state index in [-0.39, 0.29) is 5.54 Å². The van der Waals surface area contributed by atoms with E-state index in [1.165, 1.54) is 18.4 Å². The summed E-state index contributed by atoms with van der Waals surface area (Å²) in [6, 6.07) is 0.639. The number of hydrogen-bond donors (Lipinski definition) is 1. The van der Waals surface area contributed by atoms with Crippen molar-refractivity contribution < 1.29 is 0 Å². The number of rotatable bonds is 4. The van der Waals surface area contributed by atoms with E-state index in [2.05, 4.69) is 42.3 Å². The highest BCUT2D eigenvalue weighted by Gasteiger charge is 2.33. The zero-order chi connectivity index (χ0) is 13.2. The number of nitrogens with one attached hydrogen (secondary N) is 1. The van der Waals surface area contributed by atoms with E-state index < -0.39 is 0 Å². The first-order valence-corrected chi connectivity index (χ1v) is 6.97. The minimum Gasteiger partial charge on any atom is -0.311 e.